The predicted molar refractivity (Wildman–Crippen MR) is 69.9 cm³/mol. The molecule has 0 saturated heterocycles. The van der Waals surface area contributed by atoms with E-state index in [4.69, 9.17) is 4.74 Å². The Hall–Kier alpha value is -0.0800. The van der Waals surface area contributed by atoms with Gasteiger partial charge in [-0.3, -0.25) is 0 Å². The van der Waals surface area contributed by atoms with Crippen LogP contribution in [0.2, 0.25) is 0 Å². The van der Waals surface area contributed by atoms with E-state index >= 15 is 0 Å². The smallest absolute Gasteiger partial charge is 0.0594 e. The monoisotopic (exact) mass is 237 g/mol. The van der Waals surface area contributed by atoms with Crippen LogP contribution in [0.25, 0.3) is 0 Å². The van der Waals surface area contributed by atoms with E-state index in [1.807, 2.05) is 0 Å². The third kappa shape index (κ3) is 2.53. The minimum absolute atomic E-state index is 0.371. The van der Waals surface area contributed by atoms with Crippen LogP contribution >= 0.6 is 0 Å². The summed E-state index contributed by atoms with van der Waals surface area (Å²) in [6.45, 7) is 6.15. The molecule has 0 aliphatic heterocycles. The Morgan fingerprint density at radius 1 is 1.00 bits per heavy atom. The third-order valence-corrected chi connectivity index (χ3v) is 5.16. The maximum atomic E-state index is 5.62. The Labute approximate surface area is 105 Å². The van der Waals surface area contributed by atoms with Crippen LogP contribution in [0.5, 0.6) is 0 Å². The molecule has 0 spiro atoms. The fourth-order valence-electron chi connectivity index (χ4n) is 4.78. The molecule has 2 nitrogen and oxygen atoms in total. The topological polar surface area (TPSA) is 21.3 Å². The van der Waals surface area contributed by atoms with E-state index < -0.39 is 0 Å². The third-order valence-electron chi connectivity index (χ3n) is 5.16. The summed E-state index contributed by atoms with van der Waals surface area (Å²) in [4.78, 5) is 0. The molecule has 4 bridgehead atoms. The molecule has 0 radical (unpaired) electrons. The SMILES string of the molecule is CC(C)OCCNC1C2CC3CC(C2)CC1C3. The first-order chi connectivity index (χ1) is 8.22. The molecule has 4 fully saturated rings. The van der Waals surface area contributed by atoms with Crippen LogP contribution in [0.3, 0.4) is 0 Å². The minimum atomic E-state index is 0.371. The molecular formula is C15H27NO. The van der Waals surface area contributed by atoms with Gasteiger partial charge in [0.2, 0.25) is 0 Å². The molecule has 2 heteroatoms. The van der Waals surface area contributed by atoms with Crippen LogP contribution < -0.4 is 5.32 Å². The summed E-state index contributed by atoms with van der Waals surface area (Å²) in [5, 5.41) is 3.80. The minimum Gasteiger partial charge on any atom is -0.377 e. The molecule has 0 aromatic carbocycles. The molecule has 98 valence electrons. The molecule has 1 N–H and O–H groups in total. The summed E-state index contributed by atoms with van der Waals surface area (Å²) in [6, 6.07) is 0.818. The Balaban J connectivity index is 1.47. The normalized spacial score (nSPS) is 43.6. The van der Waals surface area contributed by atoms with Gasteiger partial charge in [-0.15, -0.1) is 0 Å². The highest BCUT2D eigenvalue weighted by atomic mass is 16.5. The second-order valence-electron chi connectivity index (χ2n) is 6.83. The van der Waals surface area contributed by atoms with Crippen LogP contribution in [-0.2, 0) is 4.74 Å². The first-order valence-electron chi connectivity index (χ1n) is 7.57. The van der Waals surface area contributed by atoms with E-state index in [2.05, 4.69) is 19.2 Å². The standard InChI is InChI=1S/C15H27NO/c1-10(2)17-4-3-16-15-13-6-11-5-12(8-13)9-14(15)7-11/h10-16H,3-9H2,1-2H3. The van der Waals surface area contributed by atoms with Crippen molar-refractivity contribution >= 4 is 0 Å². The zero-order valence-corrected chi connectivity index (χ0v) is 11.3. The van der Waals surface area contributed by atoms with E-state index in [1.165, 1.54) is 25.7 Å². The molecule has 0 unspecified atom stereocenters. The Bertz CT molecular complexity index is 236. The van der Waals surface area contributed by atoms with Gasteiger partial charge in [-0.05, 0) is 69.6 Å². The van der Waals surface area contributed by atoms with Crippen LogP contribution in [0.4, 0.5) is 0 Å². The number of ether oxygens (including phenoxy) is 1. The van der Waals surface area contributed by atoms with Crippen molar-refractivity contribution < 1.29 is 4.74 Å². The van der Waals surface area contributed by atoms with Crippen molar-refractivity contribution in [2.24, 2.45) is 23.7 Å². The van der Waals surface area contributed by atoms with Crippen molar-refractivity contribution in [2.75, 3.05) is 13.2 Å². The van der Waals surface area contributed by atoms with Gasteiger partial charge in [0.05, 0.1) is 12.7 Å². The van der Waals surface area contributed by atoms with Crippen LogP contribution in [0, 0.1) is 23.7 Å². The van der Waals surface area contributed by atoms with Crippen molar-refractivity contribution in [3.63, 3.8) is 0 Å². The lowest BCUT2D eigenvalue weighted by atomic mass is 9.54. The van der Waals surface area contributed by atoms with Crippen LogP contribution in [0.15, 0.2) is 0 Å². The lowest BCUT2D eigenvalue weighted by molar-refractivity contribution is -0.0174. The van der Waals surface area contributed by atoms with Crippen molar-refractivity contribution in [1.29, 1.82) is 0 Å². The molecule has 17 heavy (non-hydrogen) atoms. The first kappa shape index (κ1) is 12.0. The second kappa shape index (κ2) is 4.89. The summed E-state index contributed by atoms with van der Waals surface area (Å²) >= 11 is 0. The number of nitrogens with one attached hydrogen (secondary N) is 1. The fourth-order valence-corrected chi connectivity index (χ4v) is 4.78. The highest BCUT2D eigenvalue weighted by molar-refractivity contribution is 5.01. The average molecular weight is 237 g/mol. The van der Waals surface area contributed by atoms with Crippen LogP contribution in [-0.4, -0.2) is 25.3 Å². The maximum Gasteiger partial charge on any atom is 0.0594 e. The molecule has 0 aromatic heterocycles. The Morgan fingerprint density at radius 2 is 1.59 bits per heavy atom. The molecule has 4 aliphatic rings. The summed E-state index contributed by atoms with van der Waals surface area (Å²) in [6.07, 6.45) is 7.96. The maximum absolute atomic E-state index is 5.62. The zero-order valence-electron chi connectivity index (χ0n) is 11.3. The van der Waals surface area contributed by atoms with E-state index in [0.717, 1.165) is 42.9 Å². The quantitative estimate of drug-likeness (QED) is 0.742. The van der Waals surface area contributed by atoms with Crippen LogP contribution in [0.1, 0.15) is 46.0 Å². The van der Waals surface area contributed by atoms with Gasteiger partial charge in [0.15, 0.2) is 0 Å². The molecule has 4 saturated carbocycles. The number of rotatable bonds is 5. The van der Waals surface area contributed by atoms with E-state index in [-0.39, 0.29) is 0 Å². The largest absolute Gasteiger partial charge is 0.377 e. The van der Waals surface area contributed by atoms with E-state index in [9.17, 15) is 0 Å². The van der Waals surface area contributed by atoms with Gasteiger partial charge in [0.1, 0.15) is 0 Å². The molecule has 4 rings (SSSR count). The number of hydrogen-bond donors (Lipinski definition) is 1. The summed E-state index contributed by atoms with van der Waals surface area (Å²) in [7, 11) is 0. The van der Waals surface area contributed by atoms with Gasteiger partial charge in [0, 0.05) is 12.6 Å². The lowest BCUT2D eigenvalue weighted by Gasteiger charge is -2.54. The molecule has 0 amide bonds. The average Bonchev–Trinajstić information content (AvgIpc) is 2.25. The zero-order chi connectivity index (χ0) is 11.8. The van der Waals surface area contributed by atoms with Crippen molar-refractivity contribution in [3.05, 3.63) is 0 Å². The van der Waals surface area contributed by atoms with Crippen molar-refractivity contribution in [2.45, 2.75) is 58.1 Å². The second-order valence-corrected chi connectivity index (χ2v) is 6.83. The Morgan fingerprint density at radius 3 is 2.12 bits per heavy atom. The van der Waals surface area contributed by atoms with Gasteiger partial charge < -0.3 is 10.1 Å². The summed E-state index contributed by atoms with van der Waals surface area (Å²) in [5.74, 6) is 4.15. The van der Waals surface area contributed by atoms with Gasteiger partial charge >= 0.3 is 0 Å². The highest BCUT2D eigenvalue weighted by Crippen LogP contribution is 2.53. The number of hydrogen-bond acceptors (Lipinski definition) is 2. The molecular weight excluding hydrogens is 210 g/mol. The Kier molecular flexibility index (Phi) is 3.45. The van der Waals surface area contributed by atoms with Gasteiger partial charge in [-0.25, -0.2) is 0 Å². The molecule has 0 atom stereocenters. The van der Waals surface area contributed by atoms with Crippen molar-refractivity contribution in [1.82, 2.24) is 5.32 Å². The molecule has 0 heterocycles. The van der Waals surface area contributed by atoms with Gasteiger partial charge in [0.25, 0.3) is 0 Å². The first-order valence-corrected chi connectivity index (χ1v) is 7.57. The molecule has 4 aliphatic carbocycles. The predicted octanol–water partition coefficient (Wildman–Crippen LogP) is 2.83. The van der Waals surface area contributed by atoms with Gasteiger partial charge in [-0.2, -0.15) is 0 Å². The molecule has 0 aromatic rings. The fraction of sp³-hybridized carbons (Fsp3) is 1.00. The van der Waals surface area contributed by atoms with Crippen molar-refractivity contribution in [3.8, 4) is 0 Å². The van der Waals surface area contributed by atoms with Gasteiger partial charge in [-0.1, -0.05) is 0 Å². The van der Waals surface area contributed by atoms with E-state index in [1.54, 1.807) is 6.42 Å². The lowest BCUT2D eigenvalue weighted by Crippen LogP contribution is -2.55. The van der Waals surface area contributed by atoms with E-state index in [0.29, 0.717) is 6.10 Å². The summed E-state index contributed by atoms with van der Waals surface area (Å²) in [5.41, 5.74) is 0. The highest BCUT2D eigenvalue weighted by Gasteiger charge is 2.47. The summed E-state index contributed by atoms with van der Waals surface area (Å²) < 4.78 is 5.62.